The number of H-pyrrole nitrogens is 1. The van der Waals surface area contributed by atoms with Gasteiger partial charge in [-0.2, -0.15) is 5.26 Å². The van der Waals surface area contributed by atoms with Gasteiger partial charge in [0, 0.05) is 47.9 Å². The number of nitrogens with zero attached hydrogens (tertiary/aromatic N) is 3. The van der Waals surface area contributed by atoms with E-state index in [9.17, 15) is 13.5 Å². The topological polar surface area (TPSA) is 122 Å². The Morgan fingerprint density at radius 3 is 2.73 bits per heavy atom. The number of aromatic hydroxyl groups is 1. The van der Waals surface area contributed by atoms with Gasteiger partial charge < -0.3 is 15.0 Å². The van der Waals surface area contributed by atoms with E-state index in [1.54, 1.807) is 24.3 Å². The number of aromatic nitrogens is 2. The minimum absolute atomic E-state index is 0.0159. The molecule has 1 aromatic carbocycles. The van der Waals surface area contributed by atoms with Gasteiger partial charge in [-0.15, -0.1) is 0 Å². The molecular weight excluding hydrogens is 402 g/mol. The summed E-state index contributed by atoms with van der Waals surface area (Å²) < 4.78 is 27.6. The molecule has 156 valence electrons. The second-order valence-corrected chi connectivity index (χ2v) is 9.20. The number of fused-ring (bicyclic) bond motifs is 1. The zero-order valence-corrected chi connectivity index (χ0v) is 17.2. The molecule has 0 aliphatic carbocycles. The number of aromatic amines is 1. The monoisotopic (exact) mass is 425 g/mol. The van der Waals surface area contributed by atoms with Gasteiger partial charge in [0.2, 0.25) is 10.0 Å². The van der Waals surface area contributed by atoms with E-state index < -0.39 is 10.0 Å². The first-order chi connectivity index (χ1) is 14.5. The summed E-state index contributed by atoms with van der Waals surface area (Å²) in [6.07, 6.45) is 3.98. The number of hydrogen-bond donors (Lipinski definition) is 3. The van der Waals surface area contributed by atoms with Crippen LogP contribution in [0.4, 0.5) is 0 Å². The van der Waals surface area contributed by atoms with E-state index in [0.717, 1.165) is 24.0 Å². The molecule has 2 aromatic heterocycles. The minimum atomic E-state index is -3.61. The summed E-state index contributed by atoms with van der Waals surface area (Å²) in [5, 5.41) is 20.1. The molecule has 1 aliphatic rings. The van der Waals surface area contributed by atoms with Crippen LogP contribution in [0.3, 0.4) is 0 Å². The zero-order valence-electron chi connectivity index (χ0n) is 16.4. The standard InChI is InChI=1S/C21H23N5O3S/c22-13-15-3-6-20-18(11-15)19(21(27)25-20)12-16-4-5-17(14-23-16)30(28,29)24-7-10-26-8-1-2-9-26/h3-6,11,14,24-25,27H,1-2,7-10,12H2. The maximum atomic E-state index is 12.5. The summed E-state index contributed by atoms with van der Waals surface area (Å²) in [7, 11) is -3.61. The summed E-state index contributed by atoms with van der Waals surface area (Å²) in [6.45, 7) is 3.12. The first kappa shape index (κ1) is 20.3. The highest BCUT2D eigenvalue weighted by atomic mass is 32.2. The van der Waals surface area contributed by atoms with Crippen molar-refractivity contribution >= 4 is 20.9 Å². The van der Waals surface area contributed by atoms with E-state index in [-0.39, 0.29) is 10.8 Å². The maximum Gasteiger partial charge on any atom is 0.242 e. The maximum absolute atomic E-state index is 12.5. The molecule has 8 nitrogen and oxygen atoms in total. The quantitative estimate of drug-likeness (QED) is 0.533. The van der Waals surface area contributed by atoms with Gasteiger partial charge in [0.05, 0.1) is 11.6 Å². The molecule has 0 amide bonds. The number of hydrogen-bond acceptors (Lipinski definition) is 6. The van der Waals surface area contributed by atoms with Crippen LogP contribution in [0.15, 0.2) is 41.4 Å². The largest absolute Gasteiger partial charge is 0.494 e. The lowest BCUT2D eigenvalue weighted by Gasteiger charge is -2.14. The van der Waals surface area contributed by atoms with Crippen molar-refractivity contribution in [1.82, 2.24) is 19.6 Å². The van der Waals surface area contributed by atoms with Crippen LogP contribution < -0.4 is 4.72 Å². The smallest absolute Gasteiger partial charge is 0.242 e. The molecule has 9 heteroatoms. The number of nitriles is 1. The summed E-state index contributed by atoms with van der Waals surface area (Å²) in [5.41, 5.74) is 2.46. The van der Waals surface area contributed by atoms with E-state index in [4.69, 9.17) is 5.26 Å². The summed E-state index contributed by atoms with van der Waals surface area (Å²) in [5.74, 6) is 0.0159. The van der Waals surface area contributed by atoms with E-state index in [0.29, 0.717) is 36.3 Å². The molecule has 1 fully saturated rings. The molecular formula is C21H23N5O3S. The number of benzene rings is 1. The number of pyridine rings is 1. The van der Waals surface area contributed by atoms with Crippen LogP contribution in [0.1, 0.15) is 29.7 Å². The Morgan fingerprint density at radius 2 is 2.03 bits per heavy atom. The van der Waals surface area contributed by atoms with Gasteiger partial charge in [-0.05, 0) is 56.3 Å². The molecule has 30 heavy (non-hydrogen) atoms. The van der Waals surface area contributed by atoms with Crippen LogP contribution in [0.2, 0.25) is 0 Å². The van der Waals surface area contributed by atoms with Crippen LogP contribution in [0.25, 0.3) is 10.9 Å². The van der Waals surface area contributed by atoms with Crippen molar-refractivity contribution in [3.8, 4) is 11.9 Å². The highest BCUT2D eigenvalue weighted by molar-refractivity contribution is 7.89. The highest BCUT2D eigenvalue weighted by Gasteiger charge is 2.17. The van der Waals surface area contributed by atoms with Crippen molar-refractivity contribution < 1.29 is 13.5 Å². The van der Waals surface area contributed by atoms with Crippen LogP contribution >= 0.6 is 0 Å². The lowest BCUT2D eigenvalue weighted by Crippen LogP contribution is -2.33. The third-order valence-corrected chi connectivity index (χ3v) is 6.84. The normalized spacial score (nSPS) is 14.9. The highest BCUT2D eigenvalue weighted by Crippen LogP contribution is 2.29. The Morgan fingerprint density at radius 1 is 1.23 bits per heavy atom. The molecule has 0 spiro atoms. The van der Waals surface area contributed by atoms with Crippen LogP contribution in [-0.2, 0) is 16.4 Å². The predicted molar refractivity (Wildman–Crippen MR) is 113 cm³/mol. The van der Waals surface area contributed by atoms with E-state index >= 15 is 0 Å². The molecule has 1 aliphatic heterocycles. The van der Waals surface area contributed by atoms with Crippen molar-refractivity contribution in [3.05, 3.63) is 53.3 Å². The summed E-state index contributed by atoms with van der Waals surface area (Å²) >= 11 is 0. The lowest BCUT2D eigenvalue weighted by atomic mass is 10.1. The molecule has 0 radical (unpaired) electrons. The van der Waals surface area contributed by atoms with Gasteiger partial charge in [0.1, 0.15) is 4.90 Å². The average molecular weight is 426 g/mol. The van der Waals surface area contributed by atoms with Gasteiger partial charge in [0.15, 0.2) is 5.88 Å². The second-order valence-electron chi connectivity index (χ2n) is 7.43. The van der Waals surface area contributed by atoms with Gasteiger partial charge in [-0.3, -0.25) is 4.98 Å². The molecule has 3 aromatic rings. The Labute approximate surface area is 175 Å². The van der Waals surface area contributed by atoms with E-state index in [1.807, 2.05) is 0 Å². The number of nitrogens with one attached hydrogen (secondary N) is 2. The Hall–Kier alpha value is -2.93. The fourth-order valence-electron chi connectivity index (χ4n) is 3.77. The van der Waals surface area contributed by atoms with Crippen molar-refractivity contribution in [1.29, 1.82) is 5.26 Å². The number of likely N-dealkylation sites (tertiary alicyclic amines) is 1. The number of rotatable bonds is 7. The second kappa shape index (κ2) is 8.44. The summed E-state index contributed by atoms with van der Waals surface area (Å²) in [6, 6.07) is 10.4. The van der Waals surface area contributed by atoms with Gasteiger partial charge in [-0.1, -0.05) is 0 Å². The molecule has 0 atom stereocenters. The van der Waals surface area contributed by atoms with Gasteiger partial charge >= 0.3 is 0 Å². The fourth-order valence-corrected chi connectivity index (χ4v) is 4.73. The molecule has 3 N–H and O–H groups in total. The molecule has 1 saturated heterocycles. The minimum Gasteiger partial charge on any atom is -0.494 e. The van der Waals surface area contributed by atoms with Gasteiger partial charge in [0.25, 0.3) is 0 Å². The SMILES string of the molecule is N#Cc1ccc2[nH]c(O)c(Cc3ccc(S(=O)(=O)NCCN4CCCC4)cn3)c2c1. The molecule has 4 rings (SSSR count). The lowest BCUT2D eigenvalue weighted by molar-refractivity contribution is 0.344. The number of sulfonamides is 1. The van der Waals surface area contributed by atoms with Crippen molar-refractivity contribution in [2.75, 3.05) is 26.2 Å². The summed E-state index contributed by atoms with van der Waals surface area (Å²) in [4.78, 5) is 9.52. The Kier molecular flexibility index (Phi) is 5.72. The Balaban J connectivity index is 1.46. The van der Waals surface area contributed by atoms with Crippen molar-refractivity contribution in [2.45, 2.75) is 24.2 Å². The molecule has 3 heterocycles. The molecule has 0 bridgehead atoms. The fraction of sp³-hybridized carbons (Fsp3) is 0.333. The Bertz CT molecular complexity index is 1190. The van der Waals surface area contributed by atoms with Crippen molar-refractivity contribution in [2.24, 2.45) is 0 Å². The first-order valence-electron chi connectivity index (χ1n) is 9.87. The first-order valence-corrected chi connectivity index (χ1v) is 11.4. The van der Waals surface area contributed by atoms with Crippen LogP contribution in [0.5, 0.6) is 5.88 Å². The van der Waals surface area contributed by atoms with Gasteiger partial charge in [-0.25, -0.2) is 13.1 Å². The third-order valence-electron chi connectivity index (χ3n) is 5.40. The van der Waals surface area contributed by atoms with Crippen LogP contribution in [0, 0.1) is 11.3 Å². The van der Waals surface area contributed by atoms with Crippen molar-refractivity contribution in [3.63, 3.8) is 0 Å². The van der Waals surface area contributed by atoms with Crippen LogP contribution in [-0.4, -0.2) is 54.6 Å². The van der Waals surface area contributed by atoms with E-state index in [1.165, 1.54) is 25.1 Å². The molecule has 0 unspecified atom stereocenters. The zero-order chi connectivity index (χ0) is 21.1. The third kappa shape index (κ3) is 4.31. The predicted octanol–water partition coefficient (Wildman–Crippen LogP) is 2.11. The molecule has 0 saturated carbocycles. The average Bonchev–Trinajstić information content (AvgIpc) is 3.36. The van der Waals surface area contributed by atoms with E-state index in [2.05, 4.69) is 25.7 Å².